The van der Waals surface area contributed by atoms with Crippen molar-refractivity contribution in [2.45, 2.75) is 54.6 Å². The van der Waals surface area contributed by atoms with Crippen molar-refractivity contribution in [2.75, 3.05) is 18.4 Å². The highest BCUT2D eigenvalue weighted by Crippen LogP contribution is 2.38. The first-order valence-corrected chi connectivity index (χ1v) is 10.5. The number of hydrogen-bond acceptors (Lipinski definition) is 3. The fraction of sp³-hybridized carbons (Fsp3) is 0.500. The predicted octanol–water partition coefficient (Wildman–Crippen LogP) is 4.86. The van der Waals surface area contributed by atoms with E-state index in [1.807, 2.05) is 35.0 Å². The third-order valence-electron chi connectivity index (χ3n) is 5.34. The Hall–Kier alpha value is -1.95. The number of carbonyl (C=O) groups is 1. The number of nitrogens with zero attached hydrogens (tertiary/aromatic N) is 2. The molecule has 2 N–H and O–H groups in total. The SMILES string of the molecule is O=C(Nc1ccccc1SC1CCCC1)N1CCC[C@H](c2ncc[nH]2)C1. The molecular formula is C20H26N4OS. The van der Waals surface area contributed by atoms with Crippen LogP contribution in [0.15, 0.2) is 41.6 Å². The number of rotatable bonds is 4. The van der Waals surface area contributed by atoms with Gasteiger partial charge in [0, 0.05) is 41.5 Å². The van der Waals surface area contributed by atoms with Crippen molar-refractivity contribution in [1.29, 1.82) is 0 Å². The van der Waals surface area contributed by atoms with Crippen molar-refractivity contribution in [3.63, 3.8) is 0 Å². The van der Waals surface area contributed by atoms with Crippen LogP contribution >= 0.6 is 11.8 Å². The van der Waals surface area contributed by atoms with Gasteiger partial charge >= 0.3 is 6.03 Å². The van der Waals surface area contributed by atoms with Crippen LogP contribution in [-0.2, 0) is 0 Å². The minimum Gasteiger partial charge on any atom is -0.348 e. The molecule has 1 aliphatic heterocycles. The molecule has 2 aliphatic rings. The van der Waals surface area contributed by atoms with Crippen LogP contribution in [0.25, 0.3) is 0 Å². The molecule has 0 unspecified atom stereocenters. The Morgan fingerprint density at radius 1 is 1.19 bits per heavy atom. The standard InChI is InChI=1S/C20H26N4OS/c25-20(24-13-5-6-15(14-24)19-21-11-12-22-19)23-17-9-3-4-10-18(17)26-16-7-1-2-8-16/h3-4,9-12,15-16H,1-2,5-8,13-14H2,(H,21,22)(H,23,25)/t15-/m0/s1. The molecule has 1 atom stereocenters. The van der Waals surface area contributed by atoms with E-state index < -0.39 is 0 Å². The molecule has 1 aromatic heterocycles. The lowest BCUT2D eigenvalue weighted by atomic mass is 9.98. The van der Waals surface area contributed by atoms with Gasteiger partial charge in [-0.1, -0.05) is 25.0 Å². The summed E-state index contributed by atoms with van der Waals surface area (Å²) in [6.07, 6.45) is 10.9. The Kier molecular flexibility index (Phi) is 5.48. The predicted molar refractivity (Wildman–Crippen MR) is 106 cm³/mol. The van der Waals surface area contributed by atoms with Crippen molar-refractivity contribution in [3.05, 3.63) is 42.5 Å². The molecule has 2 fully saturated rings. The Balaban J connectivity index is 1.41. The number of hydrogen-bond donors (Lipinski definition) is 2. The van der Waals surface area contributed by atoms with Crippen LogP contribution in [0.1, 0.15) is 50.3 Å². The van der Waals surface area contributed by atoms with Gasteiger partial charge < -0.3 is 15.2 Å². The van der Waals surface area contributed by atoms with Crippen LogP contribution < -0.4 is 5.32 Å². The summed E-state index contributed by atoms with van der Waals surface area (Å²) >= 11 is 1.92. The molecular weight excluding hydrogens is 344 g/mol. The lowest BCUT2D eigenvalue weighted by Gasteiger charge is -2.32. The summed E-state index contributed by atoms with van der Waals surface area (Å²) < 4.78 is 0. The minimum atomic E-state index is 0.000674. The number of aromatic nitrogens is 2. The Bertz CT molecular complexity index is 727. The van der Waals surface area contributed by atoms with Gasteiger partial charge in [0.25, 0.3) is 0 Å². The first kappa shape index (κ1) is 17.5. The van der Waals surface area contributed by atoms with E-state index in [9.17, 15) is 4.79 Å². The van der Waals surface area contributed by atoms with E-state index in [1.54, 1.807) is 6.20 Å². The Labute approximate surface area is 159 Å². The van der Waals surface area contributed by atoms with Crippen LogP contribution in [0.3, 0.4) is 0 Å². The second-order valence-electron chi connectivity index (χ2n) is 7.21. The molecule has 1 saturated heterocycles. The molecule has 26 heavy (non-hydrogen) atoms. The van der Waals surface area contributed by atoms with Gasteiger partial charge in [-0.15, -0.1) is 11.8 Å². The molecule has 0 bridgehead atoms. The molecule has 138 valence electrons. The molecule has 1 aromatic carbocycles. The van der Waals surface area contributed by atoms with Gasteiger partial charge in [0.2, 0.25) is 0 Å². The molecule has 2 aromatic rings. The van der Waals surface area contributed by atoms with Crippen molar-refractivity contribution >= 4 is 23.5 Å². The molecule has 4 rings (SSSR count). The zero-order valence-corrected chi connectivity index (χ0v) is 15.8. The number of imidazole rings is 1. The highest BCUT2D eigenvalue weighted by molar-refractivity contribution is 8.00. The van der Waals surface area contributed by atoms with Crippen molar-refractivity contribution in [3.8, 4) is 0 Å². The van der Waals surface area contributed by atoms with Crippen molar-refractivity contribution in [2.24, 2.45) is 0 Å². The summed E-state index contributed by atoms with van der Waals surface area (Å²) in [6.45, 7) is 1.53. The maximum absolute atomic E-state index is 12.8. The topological polar surface area (TPSA) is 61.0 Å². The maximum atomic E-state index is 12.8. The van der Waals surface area contributed by atoms with E-state index in [4.69, 9.17) is 0 Å². The lowest BCUT2D eigenvalue weighted by Crippen LogP contribution is -2.41. The molecule has 0 spiro atoms. The number of anilines is 1. The minimum absolute atomic E-state index is 0.000674. The number of amides is 2. The first-order valence-electron chi connectivity index (χ1n) is 9.60. The molecule has 1 aliphatic carbocycles. The number of piperidine rings is 1. The van der Waals surface area contributed by atoms with E-state index in [0.717, 1.165) is 37.4 Å². The highest BCUT2D eigenvalue weighted by Gasteiger charge is 2.26. The van der Waals surface area contributed by atoms with E-state index in [1.165, 1.54) is 30.6 Å². The molecule has 6 heteroatoms. The largest absolute Gasteiger partial charge is 0.348 e. The van der Waals surface area contributed by atoms with Gasteiger partial charge in [-0.3, -0.25) is 0 Å². The van der Waals surface area contributed by atoms with Crippen LogP contribution in [-0.4, -0.2) is 39.2 Å². The second-order valence-corrected chi connectivity index (χ2v) is 8.55. The number of H-pyrrole nitrogens is 1. The third kappa shape index (κ3) is 4.06. The van der Waals surface area contributed by atoms with Gasteiger partial charge in [-0.05, 0) is 37.8 Å². The highest BCUT2D eigenvalue weighted by atomic mass is 32.2. The van der Waals surface area contributed by atoms with Crippen LogP contribution in [0, 0.1) is 0 Å². The summed E-state index contributed by atoms with van der Waals surface area (Å²) in [5.74, 6) is 1.28. The lowest BCUT2D eigenvalue weighted by molar-refractivity contribution is 0.191. The number of likely N-dealkylation sites (tertiary alicyclic amines) is 1. The maximum Gasteiger partial charge on any atom is 0.321 e. The third-order valence-corrected chi connectivity index (χ3v) is 6.75. The number of nitrogens with one attached hydrogen (secondary N) is 2. The molecule has 0 radical (unpaired) electrons. The summed E-state index contributed by atoms with van der Waals surface area (Å²) in [5, 5.41) is 3.84. The second kappa shape index (κ2) is 8.16. The fourth-order valence-corrected chi connectivity index (χ4v) is 5.27. The molecule has 2 amide bonds. The van der Waals surface area contributed by atoms with Gasteiger partial charge in [0.05, 0.1) is 5.69 Å². The van der Waals surface area contributed by atoms with Crippen LogP contribution in [0.5, 0.6) is 0 Å². The van der Waals surface area contributed by atoms with E-state index in [2.05, 4.69) is 27.4 Å². The van der Waals surface area contributed by atoms with Gasteiger partial charge in [-0.25, -0.2) is 9.78 Å². The molecule has 5 nitrogen and oxygen atoms in total. The average Bonchev–Trinajstić information content (AvgIpc) is 3.37. The Morgan fingerprint density at radius 3 is 2.85 bits per heavy atom. The number of urea groups is 1. The molecule has 2 heterocycles. The van der Waals surface area contributed by atoms with Crippen molar-refractivity contribution in [1.82, 2.24) is 14.9 Å². The zero-order chi connectivity index (χ0) is 17.8. The smallest absolute Gasteiger partial charge is 0.321 e. The van der Waals surface area contributed by atoms with E-state index >= 15 is 0 Å². The van der Waals surface area contributed by atoms with Gasteiger partial charge in [0.1, 0.15) is 5.82 Å². The zero-order valence-electron chi connectivity index (χ0n) is 15.0. The number of thioether (sulfide) groups is 1. The van der Waals surface area contributed by atoms with Crippen LogP contribution in [0.4, 0.5) is 10.5 Å². The van der Waals surface area contributed by atoms with E-state index in [0.29, 0.717) is 11.2 Å². The molecule has 1 saturated carbocycles. The number of benzene rings is 1. The van der Waals surface area contributed by atoms with Crippen molar-refractivity contribution < 1.29 is 4.79 Å². The monoisotopic (exact) mass is 370 g/mol. The van der Waals surface area contributed by atoms with Gasteiger partial charge in [-0.2, -0.15) is 0 Å². The number of aromatic amines is 1. The average molecular weight is 371 g/mol. The number of para-hydroxylation sites is 1. The normalized spacial score (nSPS) is 21.1. The van der Waals surface area contributed by atoms with Gasteiger partial charge in [0.15, 0.2) is 0 Å². The Morgan fingerprint density at radius 2 is 2.04 bits per heavy atom. The van der Waals surface area contributed by atoms with Crippen LogP contribution in [0.2, 0.25) is 0 Å². The van der Waals surface area contributed by atoms with E-state index in [-0.39, 0.29) is 6.03 Å². The first-order chi connectivity index (χ1) is 12.8. The summed E-state index contributed by atoms with van der Waals surface area (Å²) in [7, 11) is 0. The summed E-state index contributed by atoms with van der Waals surface area (Å²) in [4.78, 5) is 23.5. The number of carbonyl (C=O) groups excluding carboxylic acids is 1. The summed E-state index contributed by atoms with van der Waals surface area (Å²) in [6, 6.07) is 8.20. The quantitative estimate of drug-likeness (QED) is 0.808. The summed E-state index contributed by atoms with van der Waals surface area (Å²) in [5.41, 5.74) is 0.939. The fourth-order valence-electron chi connectivity index (χ4n) is 3.94.